The second-order valence-corrected chi connectivity index (χ2v) is 9.50. The number of anilines is 1. The Hall–Kier alpha value is -3.10. The number of benzene rings is 2. The monoisotopic (exact) mass is 436 g/mol. The van der Waals surface area contributed by atoms with Crippen molar-refractivity contribution < 1.29 is 13.2 Å². The van der Waals surface area contributed by atoms with E-state index in [1.165, 1.54) is 10.5 Å². The first-order chi connectivity index (χ1) is 14.9. The number of hydrogen-bond acceptors (Lipinski definition) is 5. The van der Waals surface area contributed by atoms with E-state index in [-0.39, 0.29) is 11.8 Å². The highest BCUT2D eigenvalue weighted by molar-refractivity contribution is 7.89. The van der Waals surface area contributed by atoms with E-state index in [1.54, 1.807) is 37.3 Å². The molecule has 0 saturated carbocycles. The van der Waals surface area contributed by atoms with Crippen molar-refractivity contribution in [1.29, 1.82) is 0 Å². The summed E-state index contributed by atoms with van der Waals surface area (Å²) in [5, 5.41) is 2.84. The van der Waals surface area contributed by atoms with Crippen LogP contribution in [0.3, 0.4) is 0 Å². The van der Waals surface area contributed by atoms with Gasteiger partial charge in [-0.3, -0.25) is 4.79 Å². The lowest BCUT2D eigenvalue weighted by Gasteiger charge is -2.31. The topological polar surface area (TPSA) is 92.3 Å². The zero-order chi connectivity index (χ0) is 21.8. The van der Waals surface area contributed by atoms with E-state index in [0.29, 0.717) is 40.8 Å². The van der Waals surface area contributed by atoms with E-state index in [4.69, 9.17) is 0 Å². The molecule has 8 heteroatoms. The number of hydrogen-bond donors (Lipinski definition) is 1. The van der Waals surface area contributed by atoms with Crippen molar-refractivity contribution in [1.82, 2.24) is 14.3 Å². The highest BCUT2D eigenvalue weighted by atomic mass is 32.2. The van der Waals surface area contributed by atoms with Crippen LogP contribution in [0.1, 0.15) is 40.6 Å². The van der Waals surface area contributed by atoms with E-state index in [0.717, 1.165) is 12.8 Å². The fourth-order valence-corrected chi connectivity index (χ4v) is 5.28. The number of piperidine rings is 1. The molecule has 1 aromatic heterocycles. The normalized spacial score (nSPS) is 17.3. The van der Waals surface area contributed by atoms with Crippen LogP contribution in [0.2, 0.25) is 0 Å². The lowest BCUT2D eigenvalue weighted by atomic mass is 9.98. The van der Waals surface area contributed by atoms with Gasteiger partial charge >= 0.3 is 0 Å². The van der Waals surface area contributed by atoms with Crippen LogP contribution >= 0.6 is 0 Å². The first-order valence-electron chi connectivity index (χ1n) is 10.2. The molecule has 160 valence electrons. The average Bonchev–Trinajstić information content (AvgIpc) is 2.80. The van der Waals surface area contributed by atoms with Gasteiger partial charge in [-0.15, -0.1) is 0 Å². The van der Waals surface area contributed by atoms with Crippen molar-refractivity contribution >= 4 is 21.6 Å². The minimum absolute atomic E-state index is 0.114. The van der Waals surface area contributed by atoms with E-state index in [2.05, 4.69) is 15.3 Å². The van der Waals surface area contributed by atoms with E-state index in [1.807, 2.05) is 30.3 Å². The second-order valence-electron chi connectivity index (χ2n) is 7.56. The summed E-state index contributed by atoms with van der Waals surface area (Å²) in [6.07, 6.45) is 3.06. The molecule has 4 rings (SSSR count). The van der Waals surface area contributed by atoms with Gasteiger partial charge < -0.3 is 5.32 Å². The van der Waals surface area contributed by atoms with Crippen LogP contribution in [0.4, 0.5) is 5.69 Å². The molecule has 2 heterocycles. The smallest absolute Gasteiger partial charge is 0.259 e. The minimum atomic E-state index is -3.56. The molecule has 0 unspecified atom stereocenters. The Kier molecular flexibility index (Phi) is 6.11. The Labute approximate surface area is 182 Å². The Morgan fingerprint density at radius 2 is 1.74 bits per heavy atom. The molecule has 0 aliphatic carbocycles. The van der Waals surface area contributed by atoms with Crippen LogP contribution < -0.4 is 5.32 Å². The fourth-order valence-electron chi connectivity index (χ4n) is 3.74. The molecule has 31 heavy (non-hydrogen) atoms. The Bertz CT molecular complexity index is 1170. The Morgan fingerprint density at radius 3 is 2.42 bits per heavy atom. The van der Waals surface area contributed by atoms with Gasteiger partial charge in [-0.2, -0.15) is 4.31 Å². The maximum Gasteiger partial charge on any atom is 0.259 e. The van der Waals surface area contributed by atoms with Crippen molar-refractivity contribution in [2.75, 3.05) is 18.4 Å². The number of nitrogens with zero attached hydrogens (tertiary/aromatic N) is 3. The van der Waals surface area contributed by atoms with E-state index >= 15 is 0 Å². The summed E-state index contributed by atoms with van der Waals surface area (Å²) in [6, 6.07) is 17.7. The molecule has 0 bridgehead atoms. The largest absolute Gasteiger partial charge is 0.322 e. The van der Waals surface area contributed by atoms with Gasteiger partial charge in [-0.25, -0.2) is 18.4 Å². The van der Waals surface area contributed by atoms with Gasteiger partial charge in [0, 0.05) is 30.9 Å². The number of aryl methyl sites for hydroxylation is 1. The molecule has 3 aromatic rings. The lowest BCUT2D eigenvalue weighted by molar-refractivity contribution is 0.102. The highest BCUT2D eigenvalue weighted by Gasteiger charge is 2.32. The molecule has 0 spiro atoms. The molecule has 1 atom stereocenters. The number of carbonyl (C=O) groups excluding carboxylic acids is 1. The van der Waals surface area contributed by atoms with Gasteiger partial charge in [-0.05, 0) is 44.0 Å². The van der Waals surface area contributed by atoms with Gasteiger partial charge in [0.05, 0.1) is 16.2 Å². The van der Waals surface area contributed by atoms with Gasteiger partial charge in [0.1, 0.15) is 5.82 Å². The third kappa shape index (κ3) is 4.65. The van der Waals surface area contributed by atoms with Crippen molar-refractivity contribution in [3.8, 4) is 0 Å². The summed E-state index contributed by atoms with van der Waals surface area (Å²) in [5.41, 5.74) is 1.67. The van der Waals surface area contributed by atoms with Crippen LogP contribution in [0.5, 0.6) is 0 Å². The maximum absolute atomic E-state index is 13.0. The number of rotatable bonds is 5. The Balaban J connectivity index is 1.51. The molecule has 1 amide bonds. The predicted molar refractivity (Wildman–Crippen MR) is 118 cm³/mol. The molecule has 1 fully saturated rings. The molecule has 1 aliphatic rings. The SMILES string of the molecule is Cc1nc([C@@H]2CCCN(S(=O)(=O)c3ccccc3)C2)ncc1C(=O)Nc1ccccc1. The molecular formula is C23H24N4O3S. The number of sulfonamides is 1. The molecule has 0 radical (unpaired) electrons. The van der Waals surface area contributed by atoms with Gasteiger partial charge in [0.15, 0.2) is 0 Å². The van der Waals surface area contributed by atoms with Crippen molar-refractivity contribution in [2.24, 2.45) is 0 Å². The summed E-state index contributed by atoms with van der Waals surface area (Å²) < 4.78 is 27.5. The third-order valence-electron chi connectivity index (χ3n) is 5.40. The van der Waals surface area contributed by atoms with Crippen molar-refractivity contribution in [3.63, 3.8) is 0 Å². The van der Waals surface area contributed by atoms with E-state index in [9.17, 15) is 13.2 Å². The van der Waals surface area contributed by atoms with E-state index < -0.39 is 10.0 Å². The van der Waals surface area contributed by atoms with Crippen molar-refractivity contribution in [2.45, 2.75) is 30.6 Å². The van der Waals surface area contributed by atoms with Crippen molar-refractivity contribution in [3.05, 3.63) is 83.9 Å². The predicted octanol–water partition coefficient (Wildman–Crippen LogP) is 3.61. The summed E-state index contributed by atoms with van der Waals surface area (Å²) in [7, 11) is -3.56. The first kappa shape index (κ1) is 21.1. The number of amides is 1. The summed E-state index contributed by atoms with van der Waals surface area (Å²) >= 11 is 0. The summed E-state index contributed by atoms with van der Waals surface area (Å²) in [5.74, 6) is 0.186. The average molecular weight is 437 g/mol. The van der Waals surface area contributed by atoms with Gasteiger partial charge in [0.2, 0.25) is 10.0 Å². The van der Waals surface area contributed by atoms with Crippen LogP contribution in [0.15, 0.2) is 71.8 Å². The number of para-hydroxylation sites is 1. The fraction of sp³-hybridized carbons (Fsp3) is 0.261. The quantitative estimate of drug-likeness (QED) is 0.660. The standard InChI is InChI=1S/C23H24N4O3S/c1-17-21(23(28)26-19-10-4-2-5-11-19)15-24-22(25-17)18-9-8-14-27(16-18)31(29,30)20-12-6-3-7-13-20/h2-7,10-13,15,18H,8-9,14,16H2,1H3,(H,26,28)/t18-/m1/s1. The molecular weight excluding hydrogens is 412 g/mol. The second kappa shape index (κ2) is 8.95. The first-order valence-corrected chi connectivity index (χ1v) is 11.6. The van der Waals surface area contributed by atoms with Crippen LogP contribution in [-0.4, -0.2) is 41.7 Å². The summed E-state index contributed by atoms with van der Waals surface area (Å²) in [4.78, 5) is 21.9. The molecule has 2 aromatic carbocycles. The zero-order valence-electron chi connectivity index (χ0n) is 17.2. The van der Waals surface area contributed by atoms with Gasteiger partial charge in [-0.1, -0.05) is 36.4 Å². The van der Waals surface area contributed by atoms with Crippen LogP contribution in [-0.2, 0) is 10.0 Å². The third-order valence-corrected chi connectivity index (χ3v) is 7.28. The lowest BCUT2D eigenvalue weighted by Crippen LogP contribution is -2.39. The molecule has 1 aliphatic heterocycles. The van der Waals surface area contributed by atoms with Crippen LogP contribution in [0, 0.1) is 6.92 Å². The highest BCUT2D eigenvalue weighted by Crippen LogP contribution is 2.29. The Morgan fingerprint density at radius 1 is 1.06 bits per heavy atom. The minimum Gasteiger partial charge on any atom is -0.322 e. The number of nitrogens with one attached hydrogen (secondary N) is 1. The molecule has 1 saturated heterocycles. The molecule has 1 N–H and O–H groups in total. The van der Waals surface area contributed by atoms with Gasteiger partial charge in [0.25, 0.3) is 5.91 Å². The van der Waals surface area contributed by atoms with Crippen LogP contribution in [0.25, 0.3) is 0 Å². The number of carbonyl (C=O) groups is 1. The maximum atomic E-state index is 13.0. The summed E-state index contributed by atoms with van der Waals surface area (Å²) in [6.45, 7) is 2.57. The molecule has 7 nitrogen and oxygen atoms in total. The number of aromatic nitrogens is 2. The zero-order valence-corrected chi connectivity index (χ0v) is 18.0.